The molecule has 1 aliphatic carbocycles. The average molecular weight is 259 g/mol. The van der Waals surface area contributed by atoms with Crippen molar-refractivity contribution in [1.29, 1.82) is 0 Å². The van der Waals surface area contributed by atoms with Crippen molar-refractivity contribution in [1.82, 2.24) is 0 Å². The maximum atomic E-state index is 5.68. The molecule has 0 amide bonds. The Hall–Kier alpha value is -0.0800. The van der Waals surface area contributed by atoms with Crippen molar-refractivity contribution < 1.29 is 4.74 Å². The number of ether oxygens (including phenoxy) is 1. The van der Waals surface area contributed by atoms with E-state index in [4.69, 9.17) is 4.74 Å². The molecule has 0 aliphatic heterocycles. The first-order valence-corrected chi connectivity index (χ1v) is 5.89. The average Bonchev–Trinajstić information content (AvgIpc) is 2.02. The van der Waals surface area contributed by atoms with Crippen LogP contribution in [0.2, 0.25) is 0 Å². The van der Waals surface area contributed by atoms with Gasteiger partial charge < -0.3 is 4.74 Å². The molecule has 1 rings (SSSR count). The lowest BCUT2D eigenvalue weighted by molar-refractivity contribution is 0.0753. The number of halogens is 1. The van der Waals surface area contributed by atoms with Crippen molar-refractivity contribution in [2.24, 2.45) is 5.41 Å². The Bertz CT molecular complexity index is 260. The van der Waals surface area contributed by atoms with E-state index in [2.05, 4.69) is 54.9 Å². The van der Waals surface area contributed by atoms with Crippen LogP contribution >= 0.6 is 15.9 Å². The van der Waals surface area contributed by atoms with E-state index in [0.717, 1.165) is 13.0 Å². The number of rotatable bonds is 2. The summed E-state index contributed by atoms with van der Waals surface area (Å²) < 4.78 is 5.41. The van der Waals surface area contributed by atoms with Crippen LogP contribution in [0.3, 0.4) is 0 Å². The number of hydrogen-bond donors (Lipinski definition) is 0. The minimum atomic E-state index is -0.279. The van der Waals surface area contributed by atoms with Crippen LogP contribution in [0.4, 0.5) is 0 Å². The van der Waals surface area contributed by atoms with E-state index in [1.54, 1.807) is 0 Å². The first-order chi connectivity index (χ1) is 6.37. The predicted molar refractivity (Wildman–Crippen MR) is 64.6 cm³/mol. The largest absolute Gasteiger partial charge is 0.360 e. The second-order valence-electron chi connectivity index (χ2n) is 4.68. The fourth-order valence-corrected chi connectivity index (χ4v) is 2.16. The molecule has 0 fully saturated rings. The highest BCUT2D eigenvalue weighted by Crippen LogP contribution is 2.37. The summed E-state index contributed by atoms with van der Waals surface area (Å²) in [6.07, 6.45) is 7.46. The molecule has 80 valence electrons. The molecule has 1 nitrogen and oxygen atoms in total. The summed E-state index contributed by atoms with van der Waals surface area (Å²) >= 11 is 3.64. The van der Waals surface area contributed by atoms with E-state index in [-0.39, 0.29) is 9.93 Å². The lowest BCUT2D eigenvalue weighted by Gasteiger charge is -2.31. The number of allylic oxidation sites excluding steroid dienone is 2. The topological polar surface area (TPSA) is 9.23 Å². The quantitative estimate of drug-likeness (QED) is 0.680. The third kappa shape index (κ3) is 2.96. The maximum absolute atomic E-state index is 5.68. The summed E-state index contributed by atoms with van der Waals surface area (Å²) in [5.74, 6) is 0. The number of hydrogen-bond acceptors (Lipinski definition) is 1. The van der Waals surface area contributed by atoms with E-state index in [0.29, 0.717) is 0 Å². The van der Waals surface area contributed by atoms with Crippen molar-refractivity contribution >= 4 is 15.9 Å². The first kappa shape index (κ1) is 12.0. The molecule has 0 N–H and O–H groups in total. The smallest absolute Gasteiger partial charge is 0.145 e. The Morgan fingerprint density at radius 1 is 1.50 bits per heavy atom. The van der Waals surface area contributed by atoms with Crippen molar-refractivity contribution in [2.45, 2.75) is 38.6 Å². The minimum absolute atomic E-state index is 0.188. The highest BCUT2D eigenvalue weighted by molar-refractivity contribution is 9.10. The maximum Gasteiger partial charge on any atom is 0.145 e. The normalized spacial score (nSPS) is 27.6. The van der Waals surface area contributed by atoms with Crippen molar-refractivity contribution in [3.8, 4) is 0 Å². The summed E-state index contributed by atoms with van der Waals surface area (Å²) in [7, 11) is 0. The molecule has 0 aromatic heterocycles. The zero-order valence-electron chi connectivity index (χ0n) is 9.43. The Morgan fingerprint density at radius 3 is 2.64 bits per heavy atom. The van der Waals surface area contributed by atoms with Gasteiger partial charge in [0.15, 0.2) is 0 Å². The third-order valence-electron chi connectivity index (χ3n) is 2.31. The summed E-state index contributed by atoms with van der Waals surface area (Å²) in [4.78, 5) is 0. The van der Waals surface area contributed by atoms with Gasteiger partial charge in [-0.05, 0) is 39.9 Å². The van der Waals surface area contributed by atoms with E-state index in [1.165, 1.54) is 5.57 Å². The summed E-state index contributed by atoms with van der Waals surface area (Å²) in [6.45, 7) is 9.40. The van der Waals surface area contributed by atoms with Gasteiger partial charge in [-0.25, -0.2) is 0 Å². The summed E-state index contributed by atoms with van der Waals surface area (Å²) in [6, 6.07) is 0. The molecule has 0 radical (unpaired) electrons. The van der Waals surface area contributed by atoms with E-state index in [1.807, 2.05) is 6.92 Å². The Kier molecular flexibility index (Phi) is 3.59. The first-order valence-electron chi connectivity index (χ1n) is 5.10. The Morgan fingerprint density at radius 2 is 2.14 bits per heavy atom. The molecule has 14 heavy (non-hydrogen) atoms. The molecular weight excluding hydrogens is 240 g/mol. The van der Waals surface area contributed by atoms with Gasteiger partial charge in [0.1, 0.15) is 4.51 Å². The molecule has 0 aromatic carbocycles. The fraction of sp³-hybridized carbons (Fsp3) is 0.667. The van der Waals surface area contributed by atoms with Crippen LogP contribution in [-0.4, -0.2) is 11.1 Å². The van der Waals surface area contributed by atoms with Crippen LogP contribution in [0.25, 0.3) is 0 Å². The third-order valence-corrected chi connectivity index (χ3v) is 3.10. The monoisotopic (exact) mass is 258 g/mol. The van der Waals surface area contributed by atoms with Gasteiger partial charge in [-0.2, -0.15) is 0 Å². The molecular formula is C12H19BrO. The molecule has 1 atom stereocenters. The zero-order valence-corrected chi connectivity index (χ0v) is 11.0. The van der Waals surface area contributed by atoms with Crippen LogP contribution in [0.15, 0.2) is 23.8 Å². The van der Waals surface area contributed by atoms with Crippen LogP contribution in [0.5, 0.6) is 0 Å². The second kappa shape index (κ2) is 4.19. The van der Waals surface area contributed by atoms with E-state index < -0.39 is 0 Å². The van der Waals surface area contributed by atoms with Gasteiger partial charge in [0.05, 0.1) is 0 Å². The Balaban J connectivity index is 2.88. The zero-order chi connectivity index (χ0) is 10.8. The summed E-state index contributed by atoms with van der Waals surface area (Å²) in [5.41, 5.74) is 1.52. The molecule has 0 spiro atoms. The SMILES string of the molecule is CCOC1(Br)C=C(C(C)(C)C)C=CC1. The highest BCUT2D eigenvalue weighted by Gasteiger charge is 2.28. The lowest BCUT2D eigenvalue weighted by atomic mass is 9.83. The standard InChI is InChI=1S/C12H19BrO/c1-5-14-12(13)8-6-7-10(9-12)11(2,3)4/h6-7,9H,5,8H2,1-4H3. The summed E-state index contributed by atoms with van der Waals surface area (Å²) in [5, 5.41) is 0. The van der Waals surface area contributed by atoms with Gasteiger partial charge in [0.2, 0.25) is 0 Å². The fourth-order valence-electron chi connectivity index (χ4n) is 1.49. The van der Waals surface area contributed by atoms with Crippen molar-refractivity contribution in [3.05, 3.63) is 23.8 Å². The van der Waals surface area contributed by atoms with Gasteiger partial charge >= 0.3 is 0 Å². The van der Waals surface area contributed by atoms with Crippen molar-refractivity contribution in [3.63, 3.8) is 0 Å². The highest BCUT2D eigenvalue weighted by atomic mass is 79.9. The van der Waals surface area contributed by atoms with E-state index in [9.17, 15) is 0 Å². The molecule has 2 heteroatoms. The van der Waals surface area contributed by atoms with Gasteiger partial charge in [0, 0.05) is 13.0 Å². The molecule has 0 aromatic rings. The predicted octanol–water partition coefficient (Wildman–Crippen LogP) is 4.05. The van der Waals surface area contributed by atoms with Crippen LogP contribution in [0.1, 0.15) is 34.1 Å². The molecule has 0 heterocycles. The Labute approximate surface area is 95.3 Å². The number of alkyl halides is 1. The van der Waals surface area contributed by atoms with Gasteiger partial charge in [-0.15, -0.1) is 0 Å². The lowest BCUT2D eigenvalue weighted by Crippen LogP contribution is -2.26. The molecule has 1 unspecified atom stereocenters. The minimum Gasteiger partial charge on any atom is -0.360 e. The van der Waals surface area contributed by atoms with Gasteiger partial charge in [-0.3, -0.25) is 0 Å². The molecule has 0 saturated carbocycles. The van der Waals surface area contributed by atoms with Crippen LogP contribution in [0, 0.1) is 5.41 Å². The van der Waals surface area contributed by atoms with Crippen LogP contribution in [-0.2, 0) is 4.74 Å². The molecule has 1 aliphatic rings. The van der Waals surface area contributed by atoms with Gasteiger partial charge in [0.25, 0.3) is 0 Å². The van der Waals surface area contributed by atoms with Crippen molar-refractivity contribution in [2.75, 3.05) is 6.61 Å². The van der Waals surface area contributed by atoms with Crippen LogP contribution < -0.4 is 0 Å². The van der Waals surface area contributed by atoms with Gasteiger partial charge in [-0.1, -0.05) is 32.9 Å². The molecule has 0 saturated heterocycles. The molecule has 0 bridgehead atoms. The second-order valence-corrected chi connectivity index (χ2v) is 6.02. The van der Waals surface area contributed by atoms with E-state index >= 15 is 0 Å².